The van der Waals surface area contributed by atoms with Crippen molar-refractivity contribution in [3.63, 3.8) is 0 Å². The first-order valence-corrected chi connectivity index (χ1v) is 6.59. The van der Waals surface area contributed by atoms with Gasteiger partial charge in [-0.25, -0.2) is 4.98 Å². The van der Waals surface area contributed by atoms with Crippen molar-refractivity contribution in [1.29, 1.82) is 0 Å². The van der Waals surface area contributed by atoms with Crippen LogP contribution in [0.5, 0.6) is 11.6 Å². The van der Waals surface area contributed by atoms with Gasteiger partial charge in [0.1, 0.15) is 0 Å². The van der Waals surface area contributed by atoms with Gasteiger partial charge in [-0.15, -0.1) is 0 Å². The number of nitrogens with one attached hydrogen (secondary N) is 1. The lowest BCUT2D eigenvalue weighted by Gasteiger charge is -2.19. The largest absolute Gasteiger partial charge is 0.436 e. The zero-order valence-corrected chi connectivity index (χ0v) is 12.3. The second-order valence-electron chi connectivity index (χ2n) is 5.64. The summed E-state index contributed by atoms with van der Waals surface area (Å²) in [6.45, 7) is 8.92. The maximum absolute atomic E-state index is 5.65. The van der Waals surface area contributed by atoms with Gasteiger partial charge in [0.15, 0.2) is 5.75 Å². The topological polar surface area (TPSA) is 59.9 Å². The molecule has 0 saturated heterocycles. The van der Waals surface area contributed by atoms with Crippen LogP contribution in [0.1, 0.15) is 32.2 Å². The average Bonchev–Trinajstić information content (AvgIpc) is 2.40. The second-order valence-corrected chi connectivity index (χ2v) is 5.64. The number of aromatic nitrogens is 3. The Balaban J connectivity index is 2.00. The predicted molar refractivity (Wildman–Crippen MR) is 77.7 cm³/mol. The molecule has 2 heterocycles. The van der Waals surface area contributed by atoms with E-state index < -0.39 is 0 Å². The average molecular weight is 272 g/mol. The van der Waals surface area contributed by atoms with Gasteiger partial charge in [0.25, 0.3) is 0 Å². The van der Waals surface area contributed by atoms with Gasteiger partial charge < -0.3 is 10.1 Å². The van der Waals surface area contributed by atoms with Crippen LogP contribution in [-0.2, 0) is 6.54 Å². The third-order valence-corrected chi connectivity index (χ3v) is 2.65. The Morgan fingerprint density at radius 3 is 2.55 bits per heavy atom. The summed E-state index contributed by atoms with van der Waals surface area (Å²) in [5, 5.41) is 3.36. The van der Waals surface area contributed by atoms with Crippen molar-refractivity contribution < 1.29 is 4.74 Å². The van der Waals surface area contributed by atoms with Crippen molar-refractivity contribution in [3.05, 3.63) is 42.1 Å². The number of aryl methyl sites for hydroxylation is 1. The molecule has 0 radical (unpaired) electrons. The highest BCUT2D eigenvalue weighted by molar-refractivity contribution is 5.29. The molecule has 0 aliphatic carbocycles. The summed E-state index contributed by atoms with van der Waals surface area (Å²) in [4.78, 5) is 12.8. The molecule has 0 aromatic carbocycles. The Morgan fingerprint density at radius 2 is 1.95 bits per heavy atom. The first-order chi connectivity index (χ1) is 9.44. The molecule has 0 spiro atoms. The van der Waals surface area contributed by atoms with Crippen LogP contribution in [0.2, 0.25) is 0 Å². The third-order valence-electron chi connectivity index (χ3n) is 2.65. The van der Waals surface area contributed by atoms with E-state index in [2.05, 4.69) is 41.0 Å². The Morgan fingerprint density at radius 1 is 1.15 bits per heavy atom. The van der Waals surface area contributed by atoms with E-state index in [-0.39, 0.29) is 5.54 Å². The van der Waals surface area contributed by atoms with E-state index in [1.54, 1.807) is 18.6 Å². The van der Waals surface area contributed by atoms with E-state index in [4.69, 9.17) is 4.74 Å². The summed E-state index contributed by atoms with van der Waals surface area (Å²) >= 11 is 0. The molecule has 0 aliphatic heterocycles. The second kappa shape index (κ2) is 5.96. The SMILES string of the molecule is Cc1ncccc1Oc1cnc(CNC(C)(C)C)cn1. The van der Waals surface area contributed by atoms with Crippen LogP contribution >= 0.6 is 0 Å². The van der Waals surface area contributed by atoms with E-state index in [0.717, 1.165) is 11.4 Å². The maximum Gasteiger partial charge on any atom is 0.237 e. The van der Waals surface area contributed by atoms with Crippen molar-refractivity contribution in [1.82, 2.24) is 20.3 Å². The number of ether oxygens (including phenoxy) is 1. The van der Waals surface area contributed by atoms with Crippen LogP contribution in [0.15, 0.2) is 30.7 Å². The summed E-state index contributed by atoms with van der Waals surface area (Å²) < 4.78 is 5.65. The molecule has 2 aromatic rings. The lowest BCUT2D eigenvalue weighted by molar-refractivity contribution is 0.418. The summed E-state index contributed by atoms with van der Waals surface area (Å²) in [6, 6.07) is 3.69. The van der Waals surface area contributed by atoms with Crippen LogP contribution < -0.4 is 10.1 Å². The van der Waals surface area contributed by atoms with Gasteiger partial charge >= 0.3 is 0 Å². The van der Waals surface area contributed by atoms with Gasteiger partial charge in [0, 0.05) is 18.3 Å². The minimum atomic E-state index is 0.0592. The summed E-state index contributed by atoms with van der Waals surface area (Å²) in [5.41, 5.74) is 1.77. The van der Waals surface area contributed by atoms with E-state index in [0.29, 0.717) is 18.2 Å². The first-order valence-electron chi connectivity index (χ1n) is 6.59. The number of hydrogen-bond acceptors (Lipinski definition) is 5. The molecule has 0 fully saturated rings. The lowest BCUT2D eigenvalue weighted by Crippen LogP contribution is -2.35. The Labute approximate surface area is 119 Å². The van der Waals surface area contributed by atoms with Gasteiger partial charge in [-0.3, -0.25) is 9.97 Å². The fraction of sp³-hybridized carbons (Fsp3) is 0.400. The molecule has 0 saturated carbocycles. The highest BCUT2D eigenvalue weighted by atomic mass is 16.5. The minimum Gasteiger partial charge on any atom is -0.436 e. The summed E-state index contributed by atoms with van der Waals surface area (Å²) in [7, 11) is 0. The minimum absolute atomic E-state index is 0.0592. The van der Waals surface area contributed by atoms with Crippen LogP contribution in [0.4, 0.5) is 0 Å². The Hall–Kier alpha value is -2.01. The molecule has 1 N–H and O–H groups in total. The van der Waals surface area contributed by atoms with Gasteiger partial charge in [0.05, 0.1) is 23.8 Å². The van der Waals surface area contributed by atoms with E-state index in [9.17, 15) is 0 Å². The molecule has 2 aromatic heterocycles. The van der Waals surface area contributed by atoms with Gasteiger partial charge in [-0.2, -0.15) is 0 Å². The highest BCUT2D eigenvalue weighted by Crippen LogP contribution is 2.20. The predicted octanol–water partition coefficient (Wildman–Crippen LogP) is 2.86. The molecule has 20 heavy (non-hydrogen) atoms. The van der Waals surface area contributed by atoms with E-state index >= 15 is 0 Å². The molecule has 0 unspecified atom stereocenters. The monoisotopic (exact) mass is 272 g/mol. The molecule has 0 bridgehead atoms. The molecule has 0 amide bonds. The quantitative estimate of drug-likeness (QED) is 0.927. The fourth-order valence-corrected chi connectivity index (χ4v) is 1.53. The Bertz CT molecular complexity index is 561. The molecule has 2 rings (SSSR count). The Kier molecular flexibility index (Phi) is 4.29. The van der Waals surface area contributed by atoms with Crippen molar-refractivity contribution in [2.24, 2.45) is 0 Å². The number of rotatable bonds is 4. The smallest absolute Gasteiger partial charge is 0.237 e. The van der Waals surface area contributed by atoms with Crippen molar-refractivity contribution >= 4 is 0 Å². The molecule has 0 atom stereocenters. The van der Waals surface area contributed by atoms with Crippen LogP contribution in [0.3, 0.4) is 0 Å². The zero-order valence-electron chi connectivity index (χ0n) is 12.3. The third kappa shape index (κ3) is 4.28. The van der Waals surface area contributed by atoms with E-state index in [1.165, 1.54) is 0 Å². The molecule has 0 aliphatic rings. The molecular formula is C15H20N4O. The van der Waals surface area contributed by atoms with Gasteiger partial charge in [0.2, 0.25) is 5.88 Å². The van der Waals surface area contributed by atoms with Crippen molar-refractivity contribution in [3.8, 4) is 11.6 Å². The van der Waals surface area contributed by atoms with Crippen molar-refractivity contribution in [2.75, 3.05) is 0 Å². The van der Waals surface area contributed by atoms with Crippen LogP contribution in [-0.4, -0.2) is 20.5 Å². The molecular weight excluding hydrogens is 252 g/mol. The first kappa shape index (κ1) is 14.4. The molecule has 5 nitrogen and oxygen atoms in total. The summed E-state index contributed by atoms with van der Waals surface area (Å²) in [6.07, 6.45) is 5.08. The number of nitrogens with zero attached hydrogens (tertiary/aromatic N) is 3. The summed E-state index contributed by atoms with van der Waals surface area (Å²) in [5.74, 6) is 1.17. The lowest BCUT2D eigenvalue weighted by atomic mass is 10.1. The standard InChI is InChI=1S/C15H20N4O/c1-11-13(6-5-7-16-11)20-14-10-17-12(8-18-14)9-19-15(2,3)4/h5-8,10,19H,9H2,1-4H3. The van der Waals surface area contributed by atoms with E-state index in [1.807, 2.05) is 19.1 Å². The zero-order chi connectivity index (χ0) is 14.6. The van der Waals surface area contributed by atoms with Crippen molar-refractivity contribution in [2.45, 2.75) is 39.8 Å². The number of pyridine rings is 1. The van der Waals surface area contributed by atoms with Crippen LogP contribution in [0, 0.1) is 6.92 Å². The van der Waals surface area contributed by atoms with Crippen LogP contribution in [0.25, 0.3) is 0 Å². The molecule has 5 heteroatoms. The fourth-order valence-electron chi connectivity index (χ4n) is 1.53. The molecule has 106 valence electrons. The normalized spacial score (nSPS) is 11.4. The van der Waals surface area contributed by atoms with Gasteiger partial charge in [-0.05, 0) is 39.8 Å². The number of hydrogen-bond donors (Lipinski definition) is 1. The van der Waals surface area contributed by atoms with Gasteiger partial charge in [-0.1, -0.05) is 0 Å². The highest BCUT2D eigenvalue weighted by Gasteiger charge is 2.09. The maximum atomic E-state index is 5.65.